The molecule has 1 unspecified atom stereocenters. The molecule has 0 bridgehead atoms. The van der Waals surface area contributed by atoms with E-state index < -0.39 is 0 Å². The average molecular weight is 207 g/mol. The van der Waals surface area contributed by atoms with Crippen molar-refractivity contribution < 1.29 is 5.11 Å². The van der Waals surface area contributed by atoms with E-state index in [9.17, 15) is 9.90 Å². The second-order valence-electron chi connectivity index (χ2n) is 4.34. The van der Waals surface area contributed by atoms with Crippen molar-refractivity contribution in [2.24, 2.45) is 5.92 Å². The highest BCUT2D eigenvalue weighted by Gasteiger charge is 2.22. The third-order valence-corrected chi connectivity index (χ3v) is 3.20. The predicted octanol–water partition coefficient (Wildman–Crippen LogP) is 1.40. The summed E-state index contributed by atoms with van der Waals surface area (Å²) < 4.78 is 1.88. The summed E-state index contributed by atoms with van der Waals surface area (Å²) in [5.41, 5.74) is 0.0154. The third kappa shape index (κ3) is 2.69. The van der Waals surface area contributed by atoms with Crippen LogP contribution in [0.2, 0.25) is 0 Å². The van der Waals surface area contributed by atoms with Gasteiger partial charge in [0.1, 0.15) is 0 Å². The first-order valence-electron chi connectivity index (χ1n) is 5.60. The molecule has 0 amide bonds. The molecule has 2 rings (SSSR count). The average Bonchev–Trinajstić information content (AvgIpc) is 2.74. The first-order chi connectivity index (χ1) is 7.25. The molecule has 3 heteroatoms. The maximum absolute atomic E-state index is 10.9. The maximum Gasteiger partial charge on any atom is 0.181 e. The molecule has 0 radical (unpaired) electrons. The lowest BCUT2D eigenvalue weighted by atomic mass is 10.0. The lowest BCUT2D eigenvalue weighted by Crippen LogP contribution is -2.24. The van der Waals surface area contributed by atoms with Crippen molar-refractivity contribution >= 4 is 0 Å². The fourth-order valence-electron chi connectivity index (χ4n) is 2.27. The van der Waals surface area contributed by atoms with Crippen LogP contribution in [0.5, 0.6) is 0 Å². The van der Waals surface area contributed by atoms with Gasteiger partial charge in [-0.25, -0.2) is 0 Å². The monoisotopic (exact) mass is 207 g/mol. The van der Waals surface area contributed by atoms with E-state index in [1.165, 1.54) is 25.0 Å². The van der Waals surface area contributed by atoms with Crippen LogP contribution in [-0.4, -0.2) is 15.8 Å². The predicted molar refractivity (Wildman–Crippen MR) is 58.7 cm³/mol. The van der Waals surface area contributed by atoms with Gasteiger partial charge in [0.2, 0.25) is 0 Å². The molecule has 0 saturated heterocycles. The minimum Gasteiger partial charge on any atom is -0.391 e. The van der Waals surface area contributed by atoms with Gasteiger partial charge in [0.25, 0.3) is 0 Å². The molecular formula is C12H17NO2. The smallest absolute Gasteiger partial charge is 0.181 e. The van der Waals surface area contributed by atoms with Crippen LogP contribution in [0, 0.1) is 5.92 Å². The zero-order chi connectivity index (χ0) is 10.7. The minimum absolute atomic E-state index is 0.0154. The van der Waals surface area contributed by atoms with E-state index in [4.69, 9.17) is 0 Å². The van der Waals surface area contributed by atoms with Crippen LogP contribution < -0.4 is 5.43 Å². The van der Waals surface area contributed by atoms with Crippen molar-refractivity contribution in [1.82, 2.24) is 4.57 Å². The topological polar surface area (TPSA) is 42.2 Å². The fourth-order valence-corrected chi connectivity index (χ4v) is 2.27. The third-order valence-electron chi connectivity index (χ3n) is 3.20. The van der Waals surface area contributed by atoms with Crippen LogP contribution in [-0.2, 0) is 6.54 Å². The molecule has 0 aromatic carbocycles. The van der Waals surface area contributed by atoms with Crippen molar-refractivity contribution in [3.05, 3.63) is 34.7 Å². The zero-order valence-corrected chi connectivity index (χ0v) is 8.80. The molecule has 3 nitrogen and oxygen atoms in total. The van der Waals surface area contributed by atoms with E-state index in [0.717, 1.165) is 12.8 Å². The van der Waals surface area contributed by atoms with Gasteiger partial charge >= 0.3 is 0 Å². The minimum atomic E-state index is -0.269. The Balaban J connectivity index is 1.95. The molecule has 15 heavy (non-hydrogen) atoms. The summed E-state index contributed by atoms with van der Waals surface area (Å²) in [6.45, 7) is 0.602. The molecule has 82 valence electrons. The summed E-state index contributed by atoms with van der Waals surface area (Å²) >= 11 is 0. The lowest BCUT2D eigenvalue weighted by molar-refractivity contribution is 0.0929. The van der Waals surface area contributed by atoms with Crippen molar-refractivity contribution in [2.75, 3.05) is 0 Å². The standard InChI is InChI=1S/C12H17NO2/c14-11-5-7-13(8-6-11)9-12(15)10-3-1-2-4-10/h5-8,10,12,15H,1-4,9H2. The second-order valence-corrected chi connectivity index (χ2v) is 4.34. The maximum atomic E-state index is 10.9. The largest absolute Gasteiger partial charge is 0.391 e. The number of hydrogen-bond acceptors (Lipinski definition) is 2. The van der Waals surface area contributed by atoms with E-state index in [-0.39, 0.29) is 11.5 Å². The Labute approximate surface area is 89.4 Å². The highest BCUT2D eigenvalue weighted by atomic mass is 16.3. The molecule has 0 aliphatic heterocycles. The Morgan fingerprint density at radius 1 is 1.33 bits per heavy atom. The molecule has 0 spiro atoms. The summed E-state index contributed by atoms with van der Waals surface area (Å²) in [4.78, 5) is 10.9. The van der Waals surface area contributed by atoms with Crippen LogP contribution in [0.25, 0.3) is 0 Å². The molecule has 1 aliphatic carbocycles. The van der Waals surface area contributed by atoms with Gasteiger partial charge in [0.15, 0.2) is 5.43 Å². The number of hydrogen-bond donors (Lipinski definition) is 1. The van der Waals surface area contributed by atoms with E-state index in [2.05, 4.69) is 0 Å². The van der Waals surface area contributed by atoms with E-state index in [1.54, 1.807) is 12.4 Å². The first kappa shape index (κ1) is 10.4. The first-order valence-corrected chi connectivity index (χ1v) is 5.60. The van der Waals surface area contributed by atoms with Gasteiger partial charge in [-0.05, 0) is 18.8 Å². The van der Waals surface area contributed by atoms with Crippen LogP contribution in [0.1, 0.15) is 25.7 Å². The molecule has 1 aromatic rings. The van der Waals surface area contributed by atoms with Gasteiger partial charge in [-0.1, -0.05) is 12.8 Å². The van der Waals surface area contributed by atoms with Gasteiger partial charge in [0.05, 0.1) is 6.10 Å². The van der Waals surface area contributed by atoms with Crippen molar-refractivity contribution in [2.45, 2.75) is 38.3 Å². The number of aliphatic hydroxyl groups is 1. The zero-order valence-electron chi connectivity index (χ0n) is 8.80. The Bertz CT molecular complexity index is 346. The molecule has 1 aliphatic rings. The van der Waals surface area contributed by atoms with Crippen molar-refractivity contribution in [3.63, 3.8) is 0 Å². The Hall–Kier alpha value is -1.09. The molecule has 1 atom stereocenters. The molecule has 1 N–H and O–H groups in total. The normalized spacial score (nSPS) is 19.3. The quantitative estimate of drug-likeness (QED) is 0.814. The fraction of sp³-hybridized carbons (Fsp3) is 0.583. The van der Waals surface area contributed by atoms with E-state index >= 15 is 0 Å². The summed E-state index contributed by atoms with van der Waals surface area (Å²) in [5.74, 6) is 0.449. The van der Waals surface area contributed by atoms with Crippen LogP contribution in [0.4, 0.5) is 0 Å². The number of rotatable bonds is 3. The highest BCUT2D eigenvalue weighted by Crippen LogP contribution is 2.28. The van der Waals surface area contributed by atoms with Gasteiger partial charge < -0.3 is 9.67 Å². The molecule has 1 heterocycles. The van der Waals surface area contributed by atoms with Crippen LogP contribution in [0.3, 0.4) is 0 Å². The Morgan fingerprint density at radius 3 is 2.53 bits per heavy atom. The second kappa shape index (κ2) is 4.62. The molecule has 1 saturated carbocycles. The summed E-state index contributed by atoms with van der Waals surface area (Å²) in [5, 5.41) is 9.97. The Morgan fingerprint density at radius 2 is 1.93 bits per heavy atom. The summed E-state index contributed by atoms with van der Waals surface area (Å²) in [6, 6.07) is 3.06. The molecule has 1 aromatic heterocycles. The van der Waals surface area contributed by atoms with Crippen LogP contribution in [0.15, 0.2) is 29.3 Å². The summed E-state index contributed by atoms with van der Waals surface area (Å²) in [6.07, 6.45) is 7.97. The van der Waals surface area contributed by atoms with Gasteiger partial charge in [-0.3, -0.25) is 4.79 Å². The number of aromatic nitrogens is 1. The summed E-state index contributed by atoms with van der Waals surface area (Å²) in [7, 11) is 0. The van der Waals surface area contributed by atoms with Crippen molar-refractivity contribution in [3.8, 4) is 0 Å². The lowest BCUT2D eigenvalue weighted by Gasteiger charge is -2.18. The molecular weight excluding hydrogens is 190 g/mol. The van der Waals surface area contributed by atoms with Crippen molar-refractivity contribution in [1.29, 1.82) is 0 Å². The van der Waals surface area contributed by atoms with Crippen LogP contribution >= 0.6 is 0 Å². The van der Waals surface area contributed by atoms with E-state index in [1.807, 2.05) is 4.57 Å². The van der Waals surface area contributed by atoms with Gasteiger partial charge in [0, 0.05) is 31.1 Å². The number of nitrogens with zero attached hydrogens (tertiary/aromatic N) is 1. The Kier molecular flexibility index (Phi) is 3.21. The number of aliphatic hydroxyl groups excluding tert-OH is 1. The molecule has 1 fully saturated rings. The van der Waals surface area contributed by atoms with E-state index in [0.29, 0.717) is 12.5 Å². The van der Waals surface area contributed by atoms with Gasteiger partial charge in [-0.2, -0.15) is 0 Å². The van der Waals surface area contributed by atoms with Gasteiger partial charge in [-0.15, -0.1) is 0 Å². The SMILES string of the molecule is O=c1ccn(CC(O)C2CCCC2)cc1. The highest BCUT2D eigenvalue weighted by molar-refractivity contribution is 4.94. The number of pyridine rings is 1.